The molecule has 32 heavy (non-hydrogen) atoms. The minimum Gasteiger partial charge on any atom is -0.497 e. The lowest BCUT2D eigenvalue weighted by atomic mass is 9.95. The number of sulfonamides is 1. The third kappa shape index (κ3) is 3.63. The largest absolute Gasteiger partial charge is 0.497 e. The average molecular weight is 459 g/mol. The summed E-state index contributed by atoms with van der Waals surface area (Å²) in [7, 11) is -2.05. The molecule has 3 aromatic rings. The number of hydrogen-bond acceptors (Lipinski definition) is 7. The number of halogens is 1. The Morgan fingerprint density at radius 3 is 2.25 bits per heavy atom. The molecule has 0 unspecified atom stereocenters. The zero-order chi connectivity index (χ0) is 22.3. The summed E-state index contributed by atoms with van der Waals surface area (Å²) in [5, 5.41) is 4.19. The molecule has 2 aliphatic rings. The predicted octanol–water partition coefficient (Wildman–Crippen LogP) is 2.81. The van der Waals surface area contributed by atoms with E-state index in [-0.39, 0.29) is 16.1 Å². The number of aromatic nitrogens is 2. The second-order valence-corrected chi connectivity index (χ2v) is 9.99. The Balaban J connectivity index is 1.27. The van der Waals surface area contributed by atoms with Crippen LogP contribution in [0.2, 0.25) is 0 Å². The van der Waals surface area contributed by atoms with Crippen molar-refractivity contribution in [3.05, 3.63) is 65.7 Å². The van der Waals surface area contributed by atoms with E-state index < -0.39 is 10.0 Å². The van der Waals surface area contributed by atoms with Gasteiger partial charge in [0.15, 0.2) is 5.82 Å². The summed E-state index contributed by atoms with van der Waals surface area (Å²) < 4.78 is 51.3. The molecule has 1 saturated carbocycles. The van der Waals surface area contributed by atoms with Crippen molar-refractivity contribution in [2.45, 2.75) is 23.2 Å². The summed E-state index contributed by atoms with van der Waals surface area (Å²) in [6, 6.07) is 13.2. The van der Waals surface area contributed by atoms with Gasteiger partial charge in [-0.1, -0.05) is 17.3 Å². The molecule has 5 rings (SSSR count). The van der Waals surface area contributed by atoms with Gasteiger partial charge >= 0.3 is 6.01 Å². The Kier molecular flexibility index (Phi) is 5.13. The number of rotatable bonds is 6. The zero-order valence-corrected chi connectivity index (χ0v) is 18.4. The fraction of sp³-hybridized carbons (Fsp3) is 0.364. The third-order valence-corrected chi connectivity index (χ3v) is 8.11. The maximum atomic E-state index is 13.3. The van der Waals surface area contributed by atoms with Gasteiger partial charge in [0, 0.05) is 26.2 Å². The first kappa shape index (κ1) is 20.9. The molecule has 0 N–H and O–H groups in total. The van der Waals surface area contributed by atoms with Crippen LogP contribution in [0.1, 0.15) is 24.2 Å². The number of benzene rings is 2. The molecule has 2 heterocycles. The standard InChI is InChI=1S/C22H23FN4O4S/c1-30-18-6-8-19(9-7-18)32(28,29)27-14-12-26(13-15-27)21-24-20(25-31-21)22(10-11-22)16-2-4-17(23)5-3-16/h2-9H,10-15H2,1H3. The Hall–Kier alpha value is -2.98. The van der Waals surface area contributed by atoms with Gasteiger partial charge in [0.05, 0.1) is 17.4 Å². The van der Waals surface area contributed by atoms with Gasteiger partial charge < -0.3 is 14.2 Å². The molecule has 10 heteroatoms. The first-order chi connectivity index (χ1) is 15.4. The quantitative estimate of drug-likeness (QED) is 0.561. The number of anilines is 1. The highest BCUT2D eigenvalue weighted by molar-refractivity contribution is 7.89. The summed E-state index contributed by atoms with van der Waals surface area (Å²) in [5.74, 6) is 0.920. The van der Waals surface area contributed by atoms with E-state index >= 15 is 0 Å². The monoisotopic (exact) mass is 458 g/mol. The van der Waals surface area contributed by atoms with Crippen LogP contribution in [0.15, 0.2) is 57.9 Å². The molecule has 2 fully saturated rings. The first-order valence-corrected chi connectivity index (χ1v) is 11.9. The lowest BCUT2D eigenvalue weighted by molar-refractivity contribution is 0.352. The number of ether oxygens (including phenoxy) is 1. The van der Waals surface area contributed by atoms with Gasteiger partial charge in [-0.3, -0.25) is 0 Å². The molecule has 168 valence electrons. The van der Waals surface area contributed by atoms with Crippen molar-refractivity contribution in [2.24, 2.45) is 0 Å². The van der Waals surface area contributed by atoms with Crippen LogP contribution >= 0.6 is 0 Å². The summed E-state index contributed by atoms with van der Waals surface area (Å²) in [5.41, 5.74) is 0.649. The van der Waals surface area contributed by atoms with Gasteiger partial charge in [-0.25, -0.2) is 12.8 Å². The molecule has 0 radical (unpaired) electrons. The second-order valence-electron chi connectivity index (χ2n) is 8.06. The van der Waals surface area contributed by atoms with E-state index in [4.69, 9.17) is 9.26 Å². The van der Waals surface area contributed by atoms with Gasteiger partial charge in [0.1, 0.15) is 11.6 Å². The molecular weight excluding hydrogens is 435 g/mol. The van der Waals surface area contributed by atoms with Crippen molar-refractivity contribution in [3.8, 4) is 5.75 Å². The van der Waals surface area contributed by atoms with Crippen LogP contribution in [0.25, 0.3) is 0 Å². The Bertz CT molecular complexity index is 1200. The van der Waals surface area contributed by atoms with Gasteiger partial charge in [-0.2, -0.15) is 9.29 Å². The minimum absolute atomic E-state index is 0.238. The minimum atomic E-state index is -3.59. The van der Waals surface area contributed by atoms with Crippen LogP contribution in [-0.2, 0) is 15.4 Å². The molecule has 1 saturated heterocycles. The Labute approximate surface area is 185 Å². The van der Waals surface area contributed by atoms with E-state index in [9.17, 15) is 12.8 Å². The molecule has 1 aromatic heterocycles. The lowest BCUT2D eigenvalue weighted by Gasteiger charge is -2.32. The molecule has 8 nitrogen and oxygen atoms in total. The van der Waals surface area contributed by atoms with Crippen molar-refractivity contribution in [2.75, 3.05) is 38.2 Å². The third-order valence-electron chi connectivity index (χ3n) is 6.20. The van der Waals surface area contributed by atoms with Crippen molar-refractivity contribution < 1.29 is 22.1 Å². The summed E-state index contributed by atoms with van der Waals surface area (Å²) >= 11 is 0. The van der Waals surface area contributed by atoms with E-state index in [0.29, 0.717) is 43.8 Å². The van der Waals surface area contributed by atoms with Gasteiger partial charge in [0.25, 0.3) is 0 Å². The van der Waals surface area contributed by atoms with Crippen molar-refractivity contribution in [3.63, 3.8) is 0 Å². The molecule has 0 amide bonds. The highest BCUT2D eigenvalue weighted by Gasteiger charge is 2.50. The van der Waals surface area contributed by atoms with Crippen LogP contribution in [-0.4, -0.2) is 56.2 Å². The van der Waals surface area contributed by atoms with Crippen molar-refractivity contribution in [1.82, 2.24) is 14.4 Å². The number of methoxy groups -OCH3 is 1. The summed E-state index contributed by atoms with van der Waals surface area (Å²) in [6.07, 6.45) is 1.76. The van der Waals surface area contributed by atoms with E-state index in [1.54, 1.807) is 36.4 Å². The van der Waals surface area contributed by atoms with Crippen LogP contribution in [0, 0.1) is 5.82 Å². The van der Waals surface area contributed by atoms with Crippen LogP contribution in [0.3, 0.4) is 0 Å². The fourth-order valence-electron chi connectivity index (χ4n) is 4.09. The molecule has 1 aliphatic heterocycles. The summed E-state index contributed by atoms with van der Waals surface area (Å²) in [6.45, 7) is 1.52. The molecule has 1 aliphatic carbocycles. The number of piperazine rings is 1. The number of nitrogens with zero attached hydrogens (tertiary/aromatic N) is 4. The fourth-order valence-corrected chi connectivity index (χ4v) is 5.51. The highest BCUT2D eigenvalue weighted by Crippen LogP contribution is 2.52. The molecule has 2 aromatic carbocycles. The highest BCUT2D eigenvalue weighted by atomic mass is 32.2. The van der Waals surface area contributed by atoms with Gasteiger partial charge in [-0.15, -0.1) is 0 Å². The van der Waals surface area contributed by atoms with Gasteiger partial charge in [0.2, 0.25) is 10.0 Å². The van der Waals surface area contributed by atoms with E-state index in [0.717, 1.165) is 18.4 Å². The zero-order valence-electron chi connectivity index (χ0n) is 17.6. The van der Waals surface area contributed by atoms with Crippen LogP contribution < -0.4 is 9.64 Å². The molecular formula is C22H23FN4O4S. The van der Waals surface area contributed by atoms with E-state index in [1.165, 1.54) is 23.5 Å². The van der Waals surface area contributed by atoms with Crippen LogP contribution in [0.4, 0.5) is 10.4 Å². The Morgan fingerprint density at radius 1 is 1.00 bits per heavy atom. The van der Waals surface area contributed by atoms with Crippen molar-refractivity contribution in [1.29, 1.82) is 0 Å². The smallest absolute Gasteiger partial charge is 0.324 e. The topological polar surface area (TPSA) is 88.8 Å². The normalized spacial score (nSPS) is 18.5. The van der Waals surface area contributed by atoms with Gasteiger partial charge in [-0.05, 0) is 54.8 Å². The summed E-state index contributed by atoms with van der Waals surface area (Å²) in [4.78, 5) is 6.74. The predicted molar refractivity (Wildman–Crippen MR) is 115 cm³/mol. The number of hydrogen-bond donors (Lipinski definition) is 0. The van der Waals surface area contributed by atoms with E-state index in [2.05, 4.69) is 10.1 Å². The Morgan fingerprint density at radius 2 is 1.66 bits per heavy atom. The average Bonchev–Trinajstić information content (AvgIpc) is 3.48. The lowest BCUT2D eigenvalue weighted by Crippen LogP contribution is -2.48. The SMILES string of the molecule is COc1ccc(S(=O)(=O)N2CCN(c3nc(C4(c5ccc(F)cc5)CC4)no3)CC2)cc1. The molecule has 0 atom stereocenters. The van der Waals surface area contributed by atoms with Crippen molar-refractivity contribution >= 4 is 16.0 Å². The second kappa shape index (κ2) is 7.86. The maximum Gasteiger partial charge on any atom is 0.324 e. The van der Waals surface area contributed by atoms with Crippen LogP contribution in [0.5, 0.6) is 5.75 Å². The molecule has 0 bridgehead atoms. The van der Waals surface area contributed by atoms with E-state index in [1.807, 2.05) is 4.90 Å². The first-order valence-electron chi connectivity index (χ1n) is 10.4. The molecule has 0 spiro atoms. The maximum absolute atomic E-state index is 13.3.